The minimum absolute atomic E-state index is 0. The van der Waals surface area contributed by atoms with Crippen LogP contribution >= 0.6 is 7.82 Å². The predicted octanol–water partition coefficient (Wildman–Crippen LogP) is 1.74. The number of phosphoric ester groups is 1. The van der Waals surface area contributed by atoms with Crippen molar-refractivity contribution in [1.82, 2.24) is 0 Å². The van der Waals surface area contributed by atoms with E-state index in [0.717, 1.165) is 5.56 Å². The molecule has 3 aromatic rings. The van der Waals surface area contributed by atoms with Gasteiger partial charge in [-0.25, -0.2) is 4.57 Å². The van der Waals surface area contributed by atoms with Crippen LogP contribution in [0, 0.1) is 6.92 Å². The summed E-state index contributed by atoms with van der Waals surface area (Å²) in [5.41, 5.74) is 2.29. The van der Waals surface area contributed by atoms with Gasteiger partial charge in [0.15, 0.2) is 5.78 Å². The SMILES string of the molecule is Cc1ccccc1OP(=O)([O-])Oc1ccc(CCC(=O)c2ccccc2)cc1.[Na+]. The number of hydrogen-bond donors (Lipinski definition) is 0. The molecular formula is C22H20NaO5P. The van der Waals surface area contributed by atoms with Crippen LogP contribution in [0.2, 0.25) is 0 Å². The summed E-state index contributed by atoms with van der Waals surface area (Å²) in [6.45, 7) is 1.75. The summed E-state index contributed by atoms with van der Waals surface area (Å²) in [6.07, 6.45) is 0.934. The fourth-order valence-electron chi connectivity index (χ4n) is 2.67. The van der Waals surface area contributed by atoms with E-state index in [1.165, 1.54) is 0 Å². The van der Waals surface area contributed by atoms with E-state index in [2.05, 4.69) is 0 Å². The van der Waals surface area contributed by atoms with Gasteiger partial charge >= 0.3 is 37.4 Å². The summed E-state index contributed by atoms with van der Waals surface area (Å²) in [5.74, 6) is 0.457. The molecule has 1 atom stereocenters. The Kier molecular flexibility index (Phi) is 8.69. The van der Waals surface area contributed by atoms with Crippen LogP contribution in [-0.2, 0) is 11.0 Å². The first-order chi connectivity index (χ1) is 13.4. The second-order valence-electron chi connectivity index (χ2n) is 6.33. The number of ketones is 1. The van der Waals surface area contributed by atoms with Gasteiger partial charge in [-0.05, 0) is 42.7 Å². The molecule has 7 heteroatoms. The van der Waals surface area contributed by atoms with Crippen molar-refractivity contribution in [2.75, 3.05) is 0 Å². The number of aryl methyl sites for hydroxylation is 2. The molecule has 0 radical (unpaired) electrons. The van der Waals surface area contributed by atoms with Gasteiger partial charge < -0.3 is 13.9 Å². The van der Waals surface area contributed by atoms with Crippen LogP contribution in [0.4, 0.5) is 0 Å². The summed E-state index contributed by atoms with van der Waals surface area (Å²) in [6, 6.07) is 22.5. The monoisotopic (exact) mass is 418 g/mol. The molecule has 5 nitrogen and oxygen atoms in total. The average molecular weight is 418 g/mol. The van der Waals surface area contributed by atoms with Crippen LogP contribution in [0.3, 0.4) is 0 Å². The summed E-state index contributed by atoms with van der Waals surface area (Å²) < 4.78 is 22.2. The largest absolute Gasteiger partial charge is 1.00 e. The molecule has 0 saturated heterocycles. The number of phosphoric acid groups is 1. The Morgan fingerprint density at radius 1 is 0.897 bits per heavy atom. The normalized spacial score (nSPS) is 12.3. The van der Waals surface area contributed by atoms with E-state index in [4.69, 9.17) is 9.05 Å². The van der Waals surface area contributed by atoms with Gasteiger partial charge in [0, 0.05) is 12.0 Å². The zero-order valence-electron chi connectivity index (χ0n) is 16.4. The molecule has 0 heterocycles. The van der Waals surface area contributed by atoms with Crippen LogP contribution in [0.1, 0.15) is 27.9 Å². The number of carbonyl (C=O) groups is 1. The number of para-hydroxylation sites is 1. The van der Waals surface area contributed by atoms with E-state index in [0.29, 0.717) is 24.0 Å². The van der Waals surface area contributed by atoms with Crippen molar-refractivity contribution in [2.24, 2.45) is 0 Å². The third-order valence-corrected chi connectivity index (χ3v) is 5.04. The molecule has 144 valence electrons. The molecule has 0 aliphatic heterocycles. The maximum absolute atomic E-state index is 12.2. The van der Waals surface area contributed by atoms with Crippen molar-refractivity contribution in [3.8, 4) is 11.5 Å². The zero-order chi connectivity index (χ0) is 20.0. The minimum atomic E-state index is -4.55. The molecule has 0 aliphatic carbocycles. The van der Waals surface area contributed by atoms with Crippen molar-refractivity contribution in [1.29, 1.82) is 0 Å². The quantitative estimate of drug-likeness (QED) is 0.317. The Balaban J connectivity index is 0.00000300. The first kappa shape index (κ1) is 23.4. The molecule has 3 aromatic carbocycles. The van der Waals surface area contributed by atoms with E-state index >= 15 is 0 Å². The molecule has 0 aromatic heterocycles. The second kappa shape index (κ2) is 10.8. The molecule has 0 amide bonds. The molecular weight excluding hydrogens is 398 g/mol. The van der Waals surface area contributed by atoms with Crippen molar-refractivity contribution in [2.45, 2.75) is 19.8 Å². The van der Waals surface area contributed by atoms with Gasteiger partial charge in [0.25, 0.3) is 0 Å². The van der Waals surface area contributed by atoms with Crippen molar-refractivity contribution in [3.05, 3.63) is 95.6 Å². The Morgan fingerprint density at radius 3 is 2.17 bits per heavy atom. The molecule has 3 rings (SSSR count). The average Bonchev–Trinajstić information content (AvgIpc) is 2.69. The molecule has 29 heavy (non-hydrogen) atoms. The number of benzene rings is 3. The van der Waals surface area contributed by atoms with Gasteiger partial charge in [-0.1, -0.05) is 60.7 Å². The van der Waals surface area contributed by atoms with Gasteiger partial charge in [-0.15, -0.1) is 0 Å². The third-order valence-electron chi connectivity index (χ3n) is 4.18. The molecule has 0 spiro atoms. The first-order valence-corrected chi connectivity index (χ1v) is 10.3. The summed E-state index contributed by atoms with van der Waals surface area (Å²) >= 11 is 0. The fourth-order valence-corrected chi connectivity index (χ4v) is 3.53. The number of carbonyl (C=O) groups excluding carboxylic acids is 1. The Labute approximate surface area is 192 Å². The van der Waals surface area contributed by atoms with E-state index in [1.54, 1.807) is 67.6 Å². The van der Waals surface area contributed by atoms with Gasteiger partial charge in [0.2, 0.25) is 0 Å². The minimum Gasteiger partial charge on any atom is -0.736 e. The van der Waals surface area contributed by atoms with E-state index in [9.17, 15) is 14.3 Å². The summed E-state index contributed by atoms with van der Waals surface area (Å²) in [7, 11) is -4.55. The Morgan fingerprint density at radius 2 is 1.52 bits per heavy atom. The standard InChI is InChI=1S/C22H21O5P.Na/c1-17-7-5-6-10-22(17)27-28(24,25)26-20-14-11-18(12-15-20)13-16-21(23)19-8-3-2-4-9-19;/h2-12,14-15H,13,16H2,1H3,(H,24,25);/q;+1/p-1. The molecule has 0 bridgehead atoms. The van der Waals surface area contributed by atoms with Gasteiger partial charge in [-0.3, -0.25) is 4.79 Å². The van der Waals surface area contributed by atoms with Gasteiger partial charge in [0.1, 0.15) is 11.5 Å². The summed E-state index contributed by atoms with van der Waals surface area (Å²) in [4.78, 5) is 24.3. The van der Waals surface area contributed by atoms with Crippen LogP contribution in [0.15, 0.2) is 78.9 Å². The first-order valence-electron chi connectivity index (χ1n) is 8.86. The number of hydrogen-bond acceptors (Lipinski definition) is 5. The smallest absolute Gasteiger partial charge is 0.736 e. The van der Waals surface area contributed by atoms with Crippen molar-refractivity contribution >= 4 is 13.6 Å². The van der Waals surface area contributed by atoms with Crippen molar-refractivity contribution in [3.63, 3.8) is 0 Å². The van der Waals surface area contributed by atoms with E-state index in [1.807, 2.05) is 18.2 Å². The Bertz CT molecular complexity index is 990. The van der Waals surface area contributed by atoms with Crippen molar-refractivity contribution < 1.29 is 52.9 Å². The molecule has 0 fully saturated rings. The van der Waals surface area contributed by atoms with Crippen LogP contribution in [0.5, 0.6) is 11.5 Å². The second-order valence-corrected chi connectivity index (χ2v) is 7.59. The molecule has 0 N–H and O–H groups in total. The van der Waals surface area contributed by atoms with E-state index in [-0.39, 0.29) is 46.8 Å². The maximum atomic E-state index is 12.2. The third kappa shape index (κ3) is 7.14. The fraction of sp³-hybridized carbons (Fsp3) is 0.136. The molecule has 0 aliphatic rings. The Hall–Kier alpha value is -1.88. The van der Waals surface area contributed by atoms with Crippen LogP contribution < -0.4 is 43.5 Å². The maximum Gasteiger partial charge on any atom is 1.00 e. The number of rotatable bonds is 8. The topological polar surface area (TPSA) is 75.7 Å². The van der Waals surface area contributed by atoms with E-state index < -0.39 is 7.82 Å². The van der Waals surface area contributed by atoms with Crippen LogP contribution in [0.25, 0.3) is 0 Å². The van der Waals surface area contributed by atoms with Gasteiger partial charge in [-0.2, -0.15) is 0 Å². The predicted molar refractivity (Wildman–Crippen MR) is 106 cm³/mol. The van der Waals surface area contributed by atoms with Crippen LogP contribution in [-0.4, -0.2) is 5.78 Å². The number of Topliss-reactive ketones (excluding diaryl/α,β-unsaturated/α-hetero) is 1. The molecule has 0 saturated carbocycles. The summed E-state index contributed by atoms with van der Waals surface area (Å²) in [5, 5.41) is 0. The van der Waals surface area contributed by atoms with Gasteiger partial charge in [0.05, 0.1) is 0 Å². The zero-order valence-corrected chi connectivity index (χ0v) is 19.3. The molecule has 1 unspecified atom stereocenters.